The van der Waals surface area contributed by atoms with Crippen LogP contribution in [-0.4, -0.2) is 30.9 Å². The van der Waals surface area contributed by atoms with E-state index >= 15 is 0 Å². The summed E-state index contributed by atoms with van der Waals surface area (Å²) in [4.78, 5) is 36.0. The summed E-state index contributed by atoms with van der Waals surface area (Å²) in [5.41, 5.74) is 1.78. The number of ether oxygens (including phenoxy) is 2. The van der Waals surface area contributed by atoms with E-state index in [4.69, 9.17) is 14.7 Å². The van der Waals surface area contributed by atoms with Gasteiger partial charge in [0.05, 0.1) is 25.2 Å². The van der Waals surface area contributed by atoms with Gasteiger partial charge in [-0.1, -0.05) is 6.07 Å². The third-order valence-corrected chi connectivity index (χ3v) is 3.96. The molecule has 0 heterocycles. The number of amides is 1. The molecule has 2 aromatic rings. The average molecular weight is 380 g/mol. The van der Waals surface area contributed by atoms with Crippen LogP contribution < -0.4 is 10.1 Å². The maximum Gasteiger partial charge on any atom is 0.311 e. The Morgan fingerprint density at radius 2 is 1.93 bits per heavy atom. The second-order valence-corrected chi connectivity index (χ2v) is 6.07. The van der Waals surface area contributed by atoms with Gasteiger partial charge in [-0.2, -0.15) is 5.26 Å². The molecule has 0 bridgehead atoms. The number of anilines is 1. The summed E-state index contributed by atoms with van der Waals surface area (Å²) < 4.78 is 10.4. The molecule has 1 atom stereocenters. The second kappa shape index (κ2) is 9.33. The first-order valence-corrected chi connectivity index (χ1v) is 8.52. The molecule has 2 aromatic carbocycles. The molecule has 0 aromatic heterocycles. The first-order chi connectivity index (χ1) is 13.3. The maximum absolute atomic E-state index is 12.2. The van der Waals surface area contributed by atoms with Crippen molar-refractivity contribution in [3.63, 3.8) is 0 Å². The van der Waals surface area contributed by atoms with Gasteiger partial charge in [0.25, 0.3) is 5.91 Å². The Bertz CT molecular complexity index is 946. The minimum atomic E-state index is -1.04. The van der Waals surface area contributed by atoms with Crippen LogP contribution in [0.3, 0.4) is 0 Å². The lowest BCUT2D eigenvalue weighted by molar-refractivity contribution is -0.152. The number of nitrogens with zero attached hydrogens (tertiary/aromatic N) is 1. The number of carbonyl (C=O) groups excluding carboxylic acids is 3. The predicted molar refractivity (Wildman–Crippen MR) is 102 cm³/mol. The van der Waals surface area contributed by atoms with E-state index in [-0.39, 0.29) is 12.2 Å². The van der Waals surface area contributed by atoms with Crippen molar-refractivity contribution in [1.82, 2.24) is 0 Å². The van der Waals surface area contributed by atoms with E-state index in [2.05, 4.69) is 5.32 Å². The van der Waals surface area contributed by atoms with Gasteiger partial charge in [-0.05, 0) is 50.2 Å². The van der Waals surface area contributed by atoms with Crippen molar-refractivity contribution in [3.8, 4) is 11.8 Å². The summed E-state index contributed by atoms with van der Waals surface area (Å²) in [6.07, 6.45) is -1.19. The van der Waals surface area contributed by atoms with Gasteiger partial charge >= 0.3 is 5.97 Å². The molecule has 1 amide bonds. The number of esters is 1. The molecule has 28 heavy (non-hydrogen) atoms. The number of rotatable bonds is 7. The number of carbonyl (C=O) groups is 3. The van der Waals surface area contributed by atoms with Crippen LogP contribution in [0.25, 0.3) is 0 Å². The summed E-state index contributed by atoms with van der Waals surface area (Å²) in [5, 5.41) is 11.5. The maximum atomic E-state index is 12.2. The highest BCUT2D eigenvalue weighted by Gasteiger charge is 2.20. The number of hydrogen-bond donors (Lipinski definition) is 1. The van der Waals surface area contributed by atoms with Crippen molar-refractivity contribution in [2.75, 3.05) is 12.4 Å². The highest BCUT2D eigenvalue weighted by molar-refractivity contribution is 5.96. The fourth-order valence-electron chi connectivity index (χ4n) is 2.49. The molecular weight excluding hydrogens is 360 g/mol. The van der Waals surface area contributed by atoms with Crippen molar-refractivity contribution in [3.05, 3.63) is 59.2 Å². The van der Waals surface area contributed by atoms with Crippen molar-refractivity contribution in [2.45, 2.75) is 26.4 Å². The number of benzene rings is 2. The van der Waals surface area contributed by atoms with Crippen molar-refractivity contribution in [1.29, 1.82) is 5.26 Å². The monoisotopic (exact) mass is 380 g/mol. The van der Waals surface area contributed by atoms with Gasteiger partial charge < -0.3 is 14.8 Å². The van der Waals surface area contributed by atoms with E-state index in [1.807, 2.05) is 6.07 Å². The lowest BCUT2D eigenvalue weighted by atomic mass is 10.0. The van der Waals surface area contributed by atoms with E-state index in [0.29, 0.717) is 28.1 Å². The van der Waals surface area contributed by atoms with Gasteiger partial charge in [-0.15, -0.1) is 0 Å². The minimum absolute atomic E-state index is 0.135. The van der Waals surface area contributed by atoms with Gasteiger partial charge in [0, 0.05) is 16.8 Å². The Balaban J connectivity index is 2.02. The minimum Gasteiger partial charge on any atom is -0.496 e. The van der Waals surface area contributed by atoms with Crippen molar-refractivity contribution < 1.29 is 23.9 Å². The molecule has 0 fully saturated rings. The SMILES string of the molecule is COc1ccc(C(C)=O)cc1CC(=O)O[C@@H](C)C(=O)Nc1cccc(C#N)c1. The first-order valence-electron chi connectivity index (χ1n) is 8.52. The predicted octanol–water partition coefficient (Wildman–Crippen LogP) is 2.88. The van der Waals surface area contributed by atoms with Crippen LogP contribution >= 0.6 is 0 Å². The molecule has 0 unspecified atom stereocenters. The average Bonchev–Trinajstić information content (AvgIpc) is 2.67. The van der Waals surface area contributed by atoms with Gasteiger partial charge in [0.2, 0.25) is 0 Å². The largest absolute Gasteiger partial charge is 0.496 e. The fourth-order valence-corrected chi connectivity index (χ4v) is 2.49. The van der Waals surface area contributed by atoms with Crippen LogP contribution in [0, 0.1) is 11.3 Å². The standard InChI is InChI=1S/C21H20N2O5/c1-13(24)16-7-8-19(27-3)17(10-16)11-20(25)28-14(2)21(26)23-18-6-4-5-15(9-18)12-22/h4-10,14H,11H2,1-3H3,(H,23,26)/t14-/m0/s1. The molecule has 7 heteroatoms. The molecule has 144 valence electrons. The van der Waals surface area contributed by atoms with Gasteiger partial charge in [-0.3, -0.25) is 14.4 Å². The third-order valence-electron chi connectivity index (χ3n) is 3.96. The Morgan fingerprint density at radius 3 is 2.57 bits per heavy atom. The molecule has 7 nitrogen and oxygen atoms in total. The Morgan fingerprint density at radius 1 is 1.18 bits per heavy atom. The molecule has 0 radical (unpaired) electrons. The first kappa shape index (κ1) is 20.6. The summed E-state index contributed by atoms with van der Waals surface area (Å²) in [7, 11) is 1.46. The summed E-state index contributed by atoms with van der Waals surface area (Å²) in [6.45, 7) is 2.88. The molecule has 0 saturated heterocycles. The zero-order valence-electron chi connectivity index (χ0n) is 15.8. The summed E-state index contributed by atoms with van der Waals surface area (Å²) >= 11 is 0. The van der Waals surface area contributed by atoms with E-state index < -0.39 is 18.0 Å². The zero-order valence-corrected chi connectivity index (χ0v) is 15.8. The molecule has 0 aliphatic heterocycles. The van der Waals surface area contributed by atoms with Gasteiger partial charge in [-0.25, -0.2) is 0 Å². The quantitative estimate of drug-likeness (QED) is 0.585. The molecule has 0 aliphatic rings. The van der Waals surface area contributed by atoms with Crippen LogP contribution in [0.5, 0.6) is 5.75 Å². The number of nitrogens with one attached hydrogen (secondary N) is 1. The highest BCUT2D eigenvalue weighted by atomic mass is 16.5. The normalized spacial score (nSPS) is 11.1. The number of ketones is 1. The third kappa shape index (κ3) is 5.42. The van der Waals surface area contributed by atoms with Crippen molar-refractivity contribution >= 4 is 23.3 Å². The second-order valence-electron chi connectivity index (χ2n) is 6.07. The fraction of sp³-hybridized carbons (Fsp3) is 0.238. The molecular formula is C21H20N2O5. The lowest BCUT2D eigenvalue weighted by Crippen LogP contribution is -2.30. The smallest absolute Gasteiger partial charge is 0.311 e. The van der Waals surface area contributed by atoms with E-state index in [9.17, 15) is 14.4 Å². The molecule has 0 aliphatic carbocycles. The molecule has 2 rings (SSSR count). The summed E-state index contributed by atoms with van der Waals surface area (Å²) in [6, 6.07) is 13.2. The van der Waals surface area contributed by atoms with Gasteiger partial charge in [0.15, 0.2) is 11.9 Å². The summed E-state index contributed by atoms with van der Waals surface area (Å²) in [5.74, 6) is -0.836. The number of hydrogen-bond acceptors (Lipinski definition) is 6. The Labute approximate surface area is 162 Å². The number of methoxy groups -OCH3 is 1. The van der Waals surface area contributed by atoms with Crippen LogP contribution in [0.1, 0.15) is 35.3 Å². The molecule has 0 saturated carbocycles. The highest BCUT2D eigenvalue weighted by Crippen LogP contribution is 2.21. The zero-order chi connectivity index (χ0) is 20.7. The van der Waals surface area contributed by atoms with Crippen LogP contribution in [0.4, 0.5) is 5.69 Å². The van der Waals surface area contributed by atoms with Crippen LogP contribution in [0.15, 0.2) is 42.5 Å². The van der Waals surface area contributed by atoms with Crippen LogP contribution in [0.2, 0.25) is 0 Å². The van der Waals surface area contributed by atoms with E-state index in [1.54, 1.807) is 36.4 Å². The Hall–Kier alpha value is -3.66. The number of Topliss-reactive ketones (excluding diaryl/α,β-unsaturated/α-hetero) is 1. The van der Waals surface area contributed by atoms with Crippen molar-refractivity contribution in [2.24, 2.45) is 0 Å². The molecule has 1 N–H and O–H groups in total. The van der Waals surface area contributed by atoms with E-state index in [0.717, 1.165) is 0 Å². The Kier molecular flexibility index (Phi) is 6.88. The lowest BCUT2D eigenvalue weighted by Gasteiger charge is -2.15. The van der Waals surface area contributed by atoms with E-state index in [1.165, 1.54) is 27.0 Å². The molecule has 0 spiro atoms. The van der Waals surface area contributed by atoms with Gasteiger partial charge in [0.1, 0.15) is 5.75 Å². The van der Waals surface area contributed by atoms with Crippen LogP contribution in [-0.2, 0) is 20.7 Å². The number of nitriles is 1. The topological polar surface area (TPSA) is 105 Å².